The Morgan fingerprint density at radius 1 is 0.875 bits per heavy atom. The van der Waals surface area contributed by atoms with E-state index in [2.05, 4.69) is 18.2 Å². The van der Waals surface area contributed by atoms with E-state index >= 15 is 0 Å². The van der Waals surface area contributed by atoms with E-state index in [1.165, 1.54) is 0 Å². The van der Waals surface area contributed by atoms with Crippen molar-refractivity contribution in [2.24, 2.45) is 0 Å². The van der Waals surface area contributed by atoms with Crippen LogP contribution in [0.1, 0.15) is 11.1 Å². The van der Waals surface area contributed by atoms with Crippen molar-refractivity contribution in [1.82, 2.24) is 0 Å². The normalized spacial score (nSPS) is 10.4. The lowest BCUT2D eigenvalue weighted by Crippen LogP contribution is -1.91. The molecule has 3 rings (SSSR count). The zero-order valence-electron chi connectivity index (χ0n) is 13.3. The van der Waals surface area contributed by atoms with Crippen LogP contribution in [0, 0.1) is 10.1 Å². The molecule has 0 aliphatic rings. The van der Waals surface area contributed by atoms with Gasteiger partial charge >= 0.3 is 0 Å². The molecular weight excluding hydrogens is 302 g/mol. The maximum absolute atomic E-state index is 10.7. The van der Waals surface area contributed by atoms with Gasteiger partial charge in [-0.15, -0.1) is 0 Å². The first-order chi connectivity index (χ1) is 11.7. The molecule has 0 atom stereocenters. The number of hydrogen-bond acceptors (Lipinski definition) is 3. The molecule has 3 aromatic rings. The van der Waals surface area contributed by atoms with Gasteiger partial charge in [-0.2, -0.15) is 0 Å². The topological polar surface area (TPSA) is 52.4 Å². The summed E-state index contributed by atoms with van der Waals surface area (Å²) in [5.41, 5.74) is 4.59. The van der Waals surface area contributed by atoms with Gasteiger partial charge in [0.15, 0.2) is 0 Å². The average Bonchev–Trinajstić information content (AvgIpc) is 2.62. The molecule has 24 heavy (non-hydrogen) atoms. The number of hydrogen-bond donors (Lipinski definition) is 0. The number of methoxy groups -OCH3 is 1. The number of rotatable bonds is 5. The average molecular weight is 319 g/mol. The van der Waals surface area contributed by atoms with Crippen molar-refractivity contribution in [1.29, 1.82) is 0 Å². The summed E-state index contributed by atoms with van der Waals surface area (Å²) in [4.78, 5) is 10.3. The molecular formula is C20H17NO3. The third-order valence-electron chi connectivity index (χ3n) is 3.91. The molecule has 0 amide bonds. The molecule has 0 unspecified atom stereocenters. The predicted octanol–water partition coefficient (Wildman–Crippen LogP) is 4.86. The summed E-state index contributed by atoms with van der Waals surface area (Å²) in [6.45, 7) is 0. The minimum absolute atomic E-state index is 0.116. The van der Waals surface area contributed by atoms with Crippen LogP contribution in [0.2, 0.25) is 0 Å². The molecule has 0 heterocycles. The third kappa shape index (κ3) is 3.60. The summed E-state index contributed by atoms with van der Waals surface area (Å²) in [6, 6.07) is 22.9. The predicted molar refractivity (Wildman–Crippen MR) is 94.3 cm³/mol. The fourth-order valence-corrected chi connectivity index (χ4v) is 2.62. The van der Waals surface area contributed by atoms with Gasteiger partial charge in [-0.05, 0) is 40.8 Å². The third-order valence-corrected chi connectivity index (χ3v) is 3.91. The number of nitro benzene ring substituents is 1. The van der Waals surface area contributed by atoms with E-state index in [1.54, 1.807) is 31.4 Å². The highest BCUT2D eigenvalue weighted by molar-refractivity contribution is 5.65. The lowest BCUT2D eigenvalue weighted by atomic mass is 9.99. The van der Waals surface area contributed by atoms with Crippen LogP contribution in [-0.2, 0) is 6.42 Å². The van der Waals surface area contributed by atoms with E-state index in [0.29, 0.717) is 0 Å². The monoisotopic (exact) mass is 319 g/mol. The molecule has 0 aliphatic heterocycles. The summed E-state index contributed by atoms with van der Waals surface area (Å²) in [5.74, 6) is 0.834. The zero-order chi connectivity index (χ0) is 16.9. The van der Waals surface area contributed by atoms with Crippen LogP contribution in [0.25, 0.3) is 11.1 Å². The fraction of sp³-hybridized carbons (Fsp3) is 0.100. The number of nitrogens with zero attached hydrogens (tertiary/aromatic N) is 1. The first-order valence-corrected chi connectivity index (χ1v) is 7.62. The largest absolute Gasteiger partial charge is 0.497 e. The van der Waals surface area contributed by atoms with E-state index in [4.69, 9.17) is 4.74 Å². The molecule has 0 spiro atoms. The first kappa shape index (κ1) is 15.7. The maximum atomic E-state index is 10.7. The second-order valence-electron chi connectivity index (χ2n) is 5.53. The highest BCUT2D eigenvalue weighted by Gasteiger charge is 2.05. The Bertz CT molecular complexity index is 840. The number of benzene rings is 3. The Kier molecular flexibility index (Phi) is 4.57. The SMILES string of the molecule is COc1ccc(-c2cccc(Cc3ccc([N+](=O)[O-])cc3)c2)cc1. The molecule has 3 aromatic carbocycles. The Hall–Kier alpha value is -3.14. The molecule has 0 bridgehead atoms. The summed E-state index contributed by atoms with van der Waals surface area (Å²) < 4.78 is 5.19. The van der Waals surface area contributed by atoms with Crippen LogP contribution in [0.5, 0.6) is 5.75 Å². The highest BCUT2D eigenvalue weighted by atomic mass is 16.6. The van der Waals surface area contributed by atoms with Crippen LogP contribution in [0.3, 0.4) is 0 Å². The van der Waals surface area contributed by atoms with Gasteiger partial charge < -0.3 is 4.74 Å². The summed E-state index contributed by atoms with van der Waals surface area (Å²) in [5, 5.41) is 10.7. The van der Waals surface area contributed by atoms with E-state index in [-0.39, 0.29) is 10.6 Å². The van der Waals surface area contributed by atoms with E-state index in [0.717, 1.165) is 34.4 Å². The van der Waals surface area contributed by atoms with Gasteiger partial charge in [-0.25, -0.2) is 0 Å². The Morgan fingerprint density at radius 2 is 1.58 bits per heavy atom. The summed E-state index contributed by atoms with van der Waals surface area (Å²) in [7, 11) is 1.65. The minimum Gasteiger partial charge on any atom is -0.497 e. The van der Waals surface area contributed by atoms with Gasteiger partial charge in [-0.3, -0.25) is 10.1 Å². The summed E-state index contributed by atoms with van der Waals surface area (Å²) in [6.07, 6.45) is 0.738. The molecule has 120 valence electrons. The Labute approximate surface area is 140 Å². The fourth-order valence-electron chi connectivity index (χ4n) is 2.62. The quantitative estimate of drug-likeness (QED) is 0.498. The van der Waals surface area contributed by atoms with E-state index < -0.39 is 0 Å². The van der Waals surface area contributed by atoms with Gasteiger partial charge in [0, 0.05) is 12.1 Å². The summed E-state index contributed by atoms with van der Waals surface area (Å²) >= 11 is 0. The standard InChI is InChI=1S/C20H17NO3/c1-24-20-11-7-17(8-12-20)18-4-2-3-16(14-18)13-15-5-9-19(10-6-15)21(22)23/h2-12,14H,13H2,1H3. The second-order valence-corrected chi connectivity index (χ2v) is 5.53. The Morgan fingerprint density at radius 3 is 2.21 bits per heavy atom. The maximum Gasteiger partial charge on any atom is 0.269 e. The minimum atomic E-state index is -0.381. The second kappa shape index (κ2) is 6.96. The number of ether oxygens (including phenoxy) is 1. The van der Waals surface area contributed by atoms with Crippen LogP contribution in [0.15, 0.2) is 72.8 Å². The van der Waals surface area contributed by atoms with Crippen LogP contribution < -0.4 is 4.74 Å². The van der Waals surface area contributed by atoms with Crippen molar-refractivity contribution in [3.8, 4) is 16.9 Å². The molecule has 0 radical (unpaired) electrons. The molecule has 0 saturated heterocycles. The van der Waals surface area contributed by atoms with Crippen molar-refractivity contribution < 1.29 is 9.66 Å². The molecule has 0 aromatic heterocycles. The highest BCUT2D eigenvalue weighted by Crippen LogP contribution is 2.24. The van der Waals surface area contributed by atoms with Gasteiger partial charge in [0.25, 0.3) is 5.69 Å². The number of non-ortho nitro benzene ring substituents is 1. The molecule has 4 nitrogen and oxygen atoms in total. The number of nitro groups is 1. The van der Waals surface area contributed by atoms with Gasteiger partial charge in [0.1, 0.15) is 5.75 Å². The van der Waals surface area contributed by atoms with Crippen LogP contribution in [-0.4, -0.2) is 12.0 Å². The molecule has 0 aliphatic carbocycles. The van der Waals surface area contributed by atoms with Crippen LogP contribution >= 0.6 is 0 Å². The Balaban J connectivity index is 1.80. The van der Waals surface area contributed by atoms with Gasteiger partial charge in [-0.1, -0.05) is 48.5 Å². The van der Waals surface area contributed by atoms with Crippen molar-refractivity contribution in [2.45, 2.75) is 6.42 Å². The van der Waals surface area contributed by atoms with Crippen molar-refractivity contribution in [2.75, 3.05) is 7.11 Å². The zero-order valence-corrected chi connectivity index (χ0v) is 13.3. The lowest BCUT2D eigenvalue weighted by molar-refractivity contribution is -0.384. The van der Waals surface area contributed by atoms with Crippen LogP contribution in [0.4, 0.5) is 5.69 Å². The first-order valence-electron chi connectivity index (χ1n) is 7.62. The molecule has 0 N–H and O–H groups in total. The molecule has 0 fully saturated rings. The van der Waals surface area contributed by atoms with Crippen molar-refractivity contribution >= 4 is 5.69 Å². The van der Waals surface area contributed by atoms with Gasteiger partial charge in [0.05, 0.1) is 12.0 Å². The molecule has 4 heteroatoms. The smallest absolute Gasteiger partial charge is 0.269 e. The van der Waals surface area contributed by atoms with Crippen molar-refractivity contribution in [3.63, 3.8) is 0 Å². The van der Waals surface area contributed by atoms with Crippen molar-refractivity contribution in [3.05, 3.63) is 94.0 Å². The van der Waals surface area contributed by atoms with E-state index in [9.17, 15) is 10.1 Å². The molecule has 0 saturated carbocycles. The van der Waals surface area contributed by atoms with E-state index in [1.807, 2.05) is 30.3 Å². The lowest BCUT2D eigenvalue weighted by Gasteiger charge is -2.07. The van der Waals surface area contributed by atoms with Gasteiger partial charge in [0.2, 0.25) is 0 Å².